The molecule has 27 heavy (non-hydrogen) atoms. The van der Waals surface area contributed by atoms with Crippen molar-refractivity contribution >= 4 is 5.91 Å². The molecule has 0 bridgehead atoms. The van der Waals surface area contributed by atoms with Crippen molar-refractivity contribution in [2.24, 2.45) is 5.41 Å². The van der Waals surface area contributed by atoms with E-state index < -0.39 is 0 Å². The Kier molecular flexibility index (Phi) is 4.86. The molecular weight excluding hydrogens is 347 g/mol. The summed E-state index contributed by atoms with van der Waals surface area (Å²) in [6.45, 7) is 3.94. The number of piperidine rings is 1. The zero-order valence-corrected chi connectivity index (χ0v) is 15.6. The predicted octanol–water partition coefficient (Wildman–Crippen LogP) is 2.69. The lowest BCUT2D eigenvalue weighted by atomic mass is 9.79. The number of carbonyl (C=O) groups excluding carboxylic acids is 1. The van der Waals surface area contributed by atoms with Crippen molar-refractivity contribution in [2.45, 2.75) is 25.8 Å². The van der Waals surface area contributed by atoms with Crippen LogP contribution in [0.3, 0.4) is 0 Å². The first-order chi connectivity index (χ1) is 13.1. The van der Waals surface area contributed by atoms with E-state index in [1.165, 1.54) is 6.07 Å². The molecule has 0 aliphatic carbocycles. The molecule has 0 saturated carbocycles. The zero-order valence-electron chi connectivity index (χ0n) is 15.6. The Balaban J connectivity index is 1.43. The van der Waals surface area contributed by atoms with Crippen molar-refractivity contribution in [2.75, 3.05) is 33.3 Å². The van der Waals surface area contributed by atoms with Crippen LogP contribution in [0.25, 0.3) is 0 Å². The highest BCUT2D eigenvalue weighted by Gasteiger charge is 2.43. The molecule has 6 nitrogen and oxygen atoms in total. The lowest BCUT2D eigenvalue weighted by Gasteiger charge is -2.40. The first-order valence-electron chi connectivity index (χ1n) is 9.41. The number of hydrogen-bond acceptors (Lipinski definition) is 4. The number of methoxy groups -OCH3 is 1. The van der Waals surface area contributed by atoms with E-state index in [4.69, 9.17) is 4.74 Å². The summed E-state index contributed by atoms with van der Waals surface area (Å²) in [6.07, 6.45) is 6.39. The van der Waals surface area contributed by atoms with Gasteiger partial charge in [-0.3, -0.25) is 14.8 Å². The maximum absolute atomic E-state index is 14.2. The standard InChI is InChI=1S/C20H25FN4O2/c1-27-17-3-4-18(21)15(9-17)12-24-7-2-5-20(13-24)6-8-25(14-20)19(26)16-10-22-23-11-16/h3-4,9-11H,2,5-8,12-14H2,1H3,(H,22,23)/t20-/m0/s1. The molecular formula is C20H25FN4O2. The third-order valence-corrected chi connectivity index (χ3v) is 5.86. The number of benzene rings is 1. The summed E-state index contributed by atoms with van der Waals surface area (Å²) >= 11 is 0. The number of H-pyrrole nitrogens is 1. The van der Waals surface area contributed by atoms with Crippen molar-refractivity contribution in [3.8, 4) is 5.75 Å². The van der Waals surface area contributed by atoms with Crippen LogP contribution in [0.2, 0.25) is 0 Å². The van der Waals surface area contributed by atoms with Gasteiger partial charge in [-0.25, -0.2) is 4.39 Å². The molecule has 1 atom stereocenters. The van der Waals surface area contributed by atoms with Crippen LogP contribution in [0.1, 0.15) is 35.2 Å². The van der Waals surface area contributed by atoms with Crippen molar-refractivity contribution in [3.05, 3.63) is 47.5 Å². The highest BCUT2D eigenvalue weighted by molar-refractivity contribution is 5.93. The van der Waals surface area contributed by atoms with Crippen LogP contribution in [0.4, 0.5) is 4.39 Å². The topological polar surface area (TPSA) is 61.5 Å². The van der Waals surface area contributed by atoms with Crippen LogP contribution >= 0.6 is 0 Å². The molecule has 0 radical (unpaired) electrons. The molecule has 2 fully saturated rings. The SMILES string of the molecule is COc1ccc(F)c(CN2CCC[C@]3(CCN(C(=O)c4cn[nH]c4)C3)C2)c1. The first kappa shape index (κ1) is 18.0. The molecule has 3 heterocycles. The van der Waals surface area contributed by atoms with Crippen LogP contribution in [0.15, 0.2) is 30.6 Å². The fourth-order valence-electron chi connectivity index (χ4n) is 4.48. The van der Waals surface area contributed by atoms with Gasteiger partial charge >= 0.3 is 0 Å². The molecule has 1 aromatic carbocycles. The van der Waals surface area contributed by atoms with Crippen LogP contribution in [0, 0.1) is 11.2 Å². The molecule has 0 unspecified atom stereocenters. The van der Waals surface area contributed by atoms with E-state index in [9.17, 15) is 9.18 Å². The second kappa shape index (κ2) is 7.31. The minimum Gasteiger partial charge on any atom is -0.497 e. The van der Waals surface area contributed by atoms with E-state index in [1.807, 2.05) is 4.90 Å². The normalized spacial score (nSPS) is 23.1. The molecule has 2 saturated heterocycles. The Morgan fingerprint density at radius 3 is 3.00 bits per heavy atom. The average Bonchev–Trinajstić information content (AvgIpc) is 3.34. The first-order valence-corrected chi connectivity index (χ1v) is 9.41. The van der Waals surface area contributed by atoms with Crippen LogP contribution in [-0.4, -0.2) is 59.2 Å². The highest BCUT2D eigenvalue weighted by atomic mass is 19.1. The van der Waals surface area contributed by atoms with Gasteiger partial charge in [-0.15, -0.1) is 0 Å². The van der Waals surface area contributed by atoms with Crippen molar-refractivity contribution in [3.63, 3.8) is 0 Å². The van der Waals surface area contributed by atoms with Gasteiger partial charge < -0.3 is 9.64 Å². The highest BCUT2D eigenvalue weighted by Crippen LogP contribution is 2.40. The number of nitrogens with zero attached hydrogens (tertiary/aromatic N) is 3. The van der Waals surface area contributed by atoms with Crippen molar-refractivity contribution < 1.29 is 13.9 Å². The summed E-state index contributed by atoms with van der Waals surface area (Å²) in [5.74, 6) is 0.520. The quantitative estimate of drug-likeness (QED) is 0.896. The van der Waals surface area contributed by atoms with Gasteiger partial charge in [-0.2, -0.15) is 5.10 Å². The molecule has 144 valence electrons. The summed E-state index contributed by atoms with van der Waals surface area (Å²) in [5, 5.41) is 6.58. The van der Waals surface area contributed by atoms with Crippen molar-refractivity contribution in [1.29, 1.82) is 0 Å². The number of ether oxygens (including phenoxy) is 1. The molecule has 1 amide bonds. The average molecular weight is 372 g/mol. The zero-order chi connectivity index (χ0) is 18.9. The molecule has 2 aliphatic heterocycles. The van der Waals surface area contributed by atoms with E-state index in [-0.39, 0.29) is 17.1 Å². The Labute approximate surface area is 158 Å². The van der Waals surface area contributed by atoms with Crippen LogP contribution < -0.4 is 4.74 Å². The van der Waals surface area contributed by atoms with E-state index in [0.717, 1.165) is 45.4 Å². The number of amides is 1. The largest absolute Gasteiger partial charge is 0.497 e. The number of aromatic amines is 1. The number of aromatic nitrogens is 2. The molecule has 1 aromatic heterocycles. The Morgan fingerprint density at radius 1 is 1.33 bits per heavy atom. The van der Waals surface area contributed by atoms with Gasteiger partial charge in [0, 0.05) is 43.4 Å². The fraction of sp³-hybridized carbons (Fsp3) is 0.500. The summed E-state index contributed by atoms with van der Waals surface area (Å²) in [7, 11) is 1.59. The number of hydrogen-bond donors (Lipinski definition) is 1. The number of likely N-dealkylation sites (tertiary alicyclic amines) is 2. The molecule has 7 heteroatoms. The maximum atomic E-state index is 14.2. The van der Waals surface area contributed by atoms with E-state index in [1.54, 1.807) is 31.6 Å². The van der Waals surface area contributed by atoms with E-state index >= 15 is 0 Å². The molecule has 2 aromatic rings. The van der Waals surface area contributed by atoms with Crippen molar-refractivity contribution in [1.82, 2.24) is 20.0 Å². The summed E-state index contributed by atoms with van der Waals surface area (Å²) in [4.78, 5) is 16.9. The molecule has 2 aliphatic rings. The number of halogens is 1. The van der Waals surface area contributed by atoms with Gasteiger partial charge in [0.1, 0.15) is 11.6 Å². The predicted molar refractivity (Wildman–Crippen MR) is 99.0 cm³/mol. The van der Waals surface area contributed by atoms with Crippen LogP contribution in [0.5, 0.6) is 5.75 Å². The lowest BCUT2D eigenvalue weighted by molar-refractivity contribution is 0.0673. The van der Waals surface area contributed by atoms with Gasteiger partial charge in [-0.05, 0) is 44.0 Å². The number of rotatable bonds is 4. The number of carbonyl (C=O) groups is 1. The van der Waals surface area contributed by atoms with Gasteiger partial charge in [-0.1, -0.05) is 0 Å². The Hall–Kier alpha value is -2.41. The number of nitrogens with one attached hydrogen (secondary N) is 1. The van der Waals surface area contributed by atoms with Gasteiger partial charge in [0.05, 0.1) is 18.9 Å². The minimum absolute atomic E-state index is 0.0385. The summed E-state index contributed by atoms with van der Waals surface area (Å²) < 4.78 is 19.4. The third-order valence-electron chi connectivity index (χ3n) is 5.86. The van der Waals surface area contributed by atoms with E-state index in [2.05, 4.69) is 15.1 Å². The summed E-state index contributed by atoms with van der Waals surface area (Å²) in [6, 6.07) is 4.89. The van der Waals surface area contributed by atoms with Gasteiger partial charge in [0.2, 0.25) is 0 Å². The van der Waals surface area contributed by atoms with Crippen LogP contribution in [-0.2, 0) is 6.54 Å². The Morgan fingerprint density at radius 2 is 2.22 bits per heavy atom. The second-order valence-electron chi connectivity index (χ2n) is 7.74. The molecule has 1 N–H and O–H groups in total. The van der Waals surface area contributed by atoms with Gasteiger partial charge in [0.25, 0.3) is 5.91 Å². The van der Waals surface area contributed by atoms with Gasteiger partial charge in [0.15, 0.2) is 0 Å². The fourth-order valence-corrected chi connectivity index (χ4v) is 4.48. The maximum Gasteiger partial charge on any atom is 0.257 e. The smallest absolute Gasteiger partial charge is 0.257 e. The van der Waals surface area contributed by atoms with E-state index in [0.29, 0.717) is 23.4 Å². The Bertz CT molecular complexity index is 810. The molecule has 1 spiro atoms. The summed E-state index contributed by atoms with van der Waals surface area (Å²) in [5.41, 5.74) is 1.38. The monoisotopic (exact) mass is 372 g/mol. The lowest BCUT2D eigenvalue weighted by Crippen LogP contribution is -2.45. The third kappa shape index (κ3) is 3.69. The second-order valence-corrected chi connectivity index (χ2v) is 7.74. The molecule has 4 rings (SSSR count). The minimum atomic E-state index is -0.196.